The normalized spacial score (nSPS) is 22.2. The maximum atomic E-state index is 13.2. The number of carbonyl (C=O) groups is 1. The first-order chi connectivity index (χ1) is 14.0. The Kier molecular flexibility index (Phi) is 5.74. The summed E-state index contributed by atoms with van der Waals surface area (Å²) in [5, 5.41) is 10.7. The van der Waals surface area contributed by atoms with E-state index in [0.29, 0.717) is 22.4 Å². The number of hydrogen-bond donors (Lipinski definition) is 1. The van der Waals surface area contributed by atoms with Crippen molar-refractivity contribution >= 4 is 34.6 Å². The number of amidine groups is 1. The second kappa shape index (κ2) is 8.43. The molecule has 0 radical (unpaired) electrons. The molecule has 2 aromatic carbocycles. The van der Waals surface area contributed by atoms with Gasteiger partial charge in [0.2, 0.25) is 0 Å². The molecule has 5 nitrogen and oxygen atoms in total. The molecule has 2 aromatic rings. The van der Waals surface area contributed by atoms with E-state index in [-0.39, 0.29) is 12.0 Å². The molecule has 0 saturated carbocycles. The van der Waals surface area contributed by atoms with E-state index in [1.807, 2.05) is 62.4 Å². The minimum Gasteiger partial charge on any atom is -0.507 e. The Hall–Kier alpha value is -2.57. The summed E-state index contributed by atoms with van der Waals surface area (Å²) in [5.41, 5.74) is 3.30. The van der Waals surface area contributed by atoms with Crippen LogP contribution in [0.25, 0.3) is 6.08 Å². The number of aromatic hydroxyl groups is 1. The Balaban J connectivity index is 1.67. The number of para-hydroxylation sites is 1. The fourth-order valence-electron chi connectivity index (χ4n) is 3.58. The lowest BCUT2D eigenvalue weighted by Crippen LogP contribution is -2.36. The molecule has 4 rings (SSSR count). The number of ether oxygens (including phenoxy) is 1. The topological polar surface area (TPSA) is 62.1 Å². The first-order valence-electron chi connectivity index (χ1n) is 9.78. The number of rotatable bonds is 4. The van der Waals surface area contributed by atoms with Gasteiger partial charge in [0.15, 0.2) is 5.17 Å². The van der Waals surface area contributed by atoms with E-state index in [2.05, 4.69) is 0 Å². The SMILES string of the molecule is Cc1cc(/C=C2\SC(=Nc3ccccc3)N(C[C@H]3CCCO3)C2=O)cc(C)c1O. The molecule has 2 heterocycles. The highest BCUT2D eigenvalue weighted by molar-refractivity contribution is 8.18. The quantitative estimate of drug-likeness (QED) is 0.739. The Labute approximate surface area is 175 Å². The minimum atomic E-state index is -0.0523. The van der Waals surface area contributed by atoms with E-state index in [9.17, 15) is 9.90 Å². The lowest BCUT2D eigenvalue weighted by Gasteiger charge is -2.19. The number of phenolic OH excluding ortho intramolecular Hbond substituents is 1. The highest BCUT2D eigenvalue weighted by Crippen LogP contribution is 2.36. The molecule has 2 saturated heterocycles. The number of aryl methyl sites for hydroxylation is 2. The molecule has 0 unspecified atom stereocenters. The van der Waals surface area contributed by atoms with Crippen molar-refractivity contribution in [1.82, 2.24) is 4.90 Å². The van der Waals surface area contributed by atoms with Crippen molar-refractivity contribution in [2.75, 3.05) is 13.2 Å². The molecule has 2 fully saturated rings. The highest BCUT2D eigenvalue weighted by atomic mass is 32.2. The fraction of sp³-hybridized carbons (Fsp3) is 0.304. The van der Waals surface area contributed by atoms with E-state index in [4.69, 9.17) is 9.73 Å². The van der Waals surface area contributed by atoms with Crippen LogP contribution in [0.15, 0.2) is 52.4 Å². The van der Waals surface area contributed by atoms with Crippen molar-refractivity contribution in [3.8, 4) is 5.75 Å². The van der Waals surface area contributed by atoms with Crippen molar-refractivity contribution < 1.29 is 14.6 Å². The summed E-state index contributed by atoms with van der Waals surface area (Å²) in [4.78, 5) is 20.3. The van der Waals surface area contributed by atoms with Gasteiger partial charge in [-0.3, -0.25) is 9.69 Å². The summed E-state index contributed by atoms with van der Waals surface area (Å²) >= 11 is 1.39. The number of hydrogen-bond acceptors (Lipinski definition) is 5. The van der Waals surface area contributed by atoms with E-state index in [0.717, 1.165) is 41.8 Å². The Morgan fingerprint density at radius 2 is 1.97 bits per heavy atom. The number of phenols is 1. The standard InChI is InChI=1S/C23H24N2O3S/c1-15-11-17(12-16(2)21(15)26)13-20-22(27)25(14-19-9-6-10-28-19)23(29-20)24-18-7-4-3-5-8-18/h3-5,7-8,11-13,19,26H,6,9-10,14H2,1-2H3/b20-13-,24-23?/t19-/m1/s1. The molecule has 2 aliphatic rings. The first-order valence-corrected chi connectivity index (χ1v) is 10.6. The van der Waals surface area contributed by atoms with E-state index in [1.165, 1.54) is 11.8 Å². The van der Waals surface area contributed by atoms with Crippen LogP contribution in [-0.4, -0.2) is 40.3 Å². The predicted octanol–water partition coefficient (Wildman–Crippen LogP) is 4.79. The van der Waals surface area contributed by atoms with Crippen LogP contribution in [0, 0.1) is 13.8 Å². The molecule has 150 valence electrons. The molecule has 6 heteroatoms. The molecule has 1 atom stereocenters. The van der Waals surface area contributed by atoms with Gasteiger partial charge < -0.3 is 9.84 Å². The van der Waals surface area contributed by atoms with Crippen LogP contribution >= 0.6 is 11.8 Å². The Bertz CT molecular complexity index is 956. The van der Waals surface area contributed by atoms with Gasteiger partial charge in [-0.05, 0) is 85.5 Å². The molecular weight excluding hydrogens is 384 g/mol. The molecule has 0 spiro atoms. The van der Waals surface area contributed by atoms with Crippen LogP contribution in [0.5, 0.6) is 5.75 Å². The van der Waals surface area contributed by atoms with Crippen LogP contribution in [0.1, 0.15) is 29.5 Å². The van der Waals surface area contributed by atoms with Gasteiger partial charge in [-0.2, -0.15) is 0 Å². The molecule has 1 amide bonds. The fourth-order valence-corrected chi connectivity index (χ4v) is 4.59. The van der Waals surface area contributed by atoms with Crippen molar-refractivity contribution in [2.45, 2.75) is 32.8 Å². The summed E-state index contributed by atoms with van der Waals surface area (Å²) in [6.45, 7) is 4.99. The van der Waals surface area contributed by atoms with E-state index >= 15 is 0 Å². The highest BCUT2D eigenvalue weighted by Gasteiger charge is 2.35. The summed E-state index contributed by atoms with van der Waals surface area (Å²) in [7, 11) is 0. The molecule has 0 aromatic heterocycles. The summed E-state index contributed by atoms with van der Waals surface area (Å²) in [6, 6.07) is 13.4. The van der Waals surface area contributed by atoms with Crippen molar-refractivity contribution in [3.05, 3.63) is 64.1 Å². The monoisotopic (exact) mass is 408 g/mol. The van der Waals surface area contributed by atoms with Crippen LogP contribution in [0.3, 0.4) is 0 Å². The third-order valence-corrected chi connectivity index (χ3v) is 6.10. The molecular formula is C23H24N2O3S. The van der Waals surface area contributed by atoms with Crippen molar-refractivity contribution in [3.63, 3.8) is 0 Å². The average molecular weight is 409 g/mol. The van der Waals surface area contributed by atoms with Gasteiger partial charge in [0.25, 0.3) is 5.91 Å². The lowest BCUT2D eigenvalue weighted by molar-refractivity contribution is -0.123. The van der Waals surface area contributed by atoms with Crippen LogP contribution in [-0.2, 0) is 9.53 Å². The van der Waals surface area contributed by atoms with Gasteiger partial charge in [-0.25, -0.2) is 4.99 Å². The number of aliphatic imine (C=N–C) groups is 1. The van der Waals surface area contributed by atoms with Crippen molar-refractivity contribution in [1.29, 1.82) is 0 Å². The summed E-state index contributed by atoms with van der Waals surface area (Å²) < 4.78 is 5.75. The Morgan fingerprint density at radius 3 is 2.62 bits per heavy atom. The minimum absolute atomic E-state index is 0.0523. The average Bonchev–Trinajstić information content (AvgIpc) is 3.31. The van der Waals surface area contributed by atoms with Gasteiger partial charge in [-0.15, -0.1) is 0 Å². The second-order valence-electron chi connectivity index (χ2n) is 7.39. The van der Waals surface area contributed by atoms with Crippen molar-refractivity contribution in [2.24, 2.45) is 4.99 Å². The third-order valence-electron chi connectivity index (χ3n) is 5.09. The van der Waals surface area contributed by atoms with Crippen LogP contribution in [0.4, 0.5) is 5.69 Å². The molecule has 29 heavy (non-hydrogen) atoms. The van der Waals surface area contributed by atoms with Crippen LogP contribution in [0.2, 0.25) is 0 Å². The maximum absolute atomic E-state index is 13.2. The summed E-state index contributed by atoms with van der Waals surface area (Å²) in [6.07, 6.45) is 3.92. The van der Waals surface area contributed by atoms with Crippen LogP contribution < -0.4 is 0 Å². The molecule has 0 bridgehead atoms. The lowest BCUT2D eigenvalue weighted by atomic mass is 10.1. The Morgan fingerprint density at radius 1 is 1.24 bits per heavy atom. The predicted molar refractivity (Wildman–Crippen MR) is 117 cm³/mol. The molecule has 2 aliphatic heterocycles. The maximum Gasteiger partial charge on any atom is 0.266 e. The van der Waals surface area contributed by atoms with E-state index < -0.39 is 0 Å². The van der Waals surface area contributed by atoms with Gasteiger partial charge >= 0.3 is 0 Å². The summed E-state index contributed by atoms with van der Waals surface area (Å²) in [5.74, 6) is 0.243. The van der Waals surface area contributed by atoms with Gasteiger partial charge in [0, 0.05) is 6.61 Å². The molecule has 1 N–H and O–H groups in total. The number of amides is 1. The van der Waals surface area contributed by atoms with Gasteiger partial charge in [0.05, 0.1) is 23.2 Å². The molecule has 0 aliphatic carbocycles. The third kappa shape index (κ3) is 4.38. The zero-order chi connectivity index (χ0) is 20.4. The number of benzene rings is 2. The number of carbonyl (C=O) groups excluding carboxylic acids is 1. The van der Waals surface area contributed by atoms with Gasteiger partial charge in [0.1, 0.15) is 5.75 Å². The number of nitrogens with zero attached hydrogens (tertiary/aromatic N) is 2. The number of thioether (sulfide) groups is 1. The largest absolute Gasteiger partial charge is 0.507 e. The second-order valence-corrected chi connectivity index (χ2v) is 8.40. The first kappa shape index (κ1) is 19.7. The van der Waals surface area contributed by atoms with E-state index in [1.54, 1.807) is 4.90 Å². The smallest absolute Gasteiger partial charge is 0.266 e. The zero-order valence-electron chi connectivity index (χ0n) is 16.6. The van der Waals surface area contributed by atoms with Gasteiger partial charge in [-0.1, -0.05) is 18.2 Å². The zero-order valence-corrected chi connectivity index (χ0v) is 17.4.